The highest BCUT2D eigenvalue weighted by atomic mass is 32.2. The van der Waals surface area contributed by atoms with Crippen LogP contribution in [-0.4, -0.2) is 80.6 Å². The Balaban J connectivity index is 1.78. The number of ether oxygens (including phenoxy) is 1. The summed E-state index contributed by atoms with van der Waals surface area (Å²) >= 11 is 1.64. The number of thioether (sulfide) groups is 1. The number of nitrogens with zero attached hydrogens (tertiary/aromatic N) is 2. The van der Waals surface area contributed by atoms with Crippen LogP contribution in [0.4, 0.5) is 0 Å². The Morgan fingerprint density at radius 2 is 2.00 bits per heavy atom. The maximum atomic E-state index is 14.5. The monoisotopic (exact) mass is 542 g/mol. The van der Waals surface area contributed by atoms with Gasteiger partial charge < -0.3 is 19.6 Å². The van der Waals surface area contributed by atoms with Crippen molar-refractivity contribution in [2.24, 2.45) is 11.8 Å². The van der Waals surface area contributed by atoms with Gasteiger partial charge in [0.15, 0.2) is 0 Å². The summed E-state index contributed by atoms with van der Waals surface area (Å²) < 4.78 is 4.29. The molecule has 3 aliphatic heterocycles. The van der Waals surface area contributed by atoms with Crippen LogP contribution < -0.4 is 0 Å². The molecular weight excluding hydrogens is 500 g/mol. The van der Waals surface area contributed by atoms with Gasteiger partial charge in [-0.3, -0.25) is 14.4 Å². The summed E-state index contributed by atoms with van der Waals surface area (Å²) in [4.78, 5) is 45.6. The van der Waals surface area contributed by atoms with Crippen LogP contribution in [0.15, 0.2) is 43.0 Å². The van der Waals surface area contributed by atoms with E-state index in [0.29, 0.717) is 25.9 Å². The molecule has 0 saturated carbocycles. The molecule has 3 fully saturated rings. The lowest BCUT2D eigenvalue weighted by molar-refractivity contribution is -0.155. The number of carbonyl (C=O) groups is 3. The fourth-order valence-corrected chi connectivity index (χ4v) is 9.26. The van der Waals surface area contributed by atoms with Crippen LogP contribution in [0.25, 0.3) is 0 Å². The van der Waals surface area contributed by atoms with Gasteiger partial charge >= 0.3 is 5.97 Å². The van der Waals surface area contributed by atoms with Crippen molar-refractivity contribution in [3.8, 4) is 0 Å². The third-order valence-corrected chi connectivity index (χ3v) is 10.6. The first-order chi connectivity index (χ1) is 18.3. The van der Waals surface area contributed by atoms with Gasteiger partial charge in [-0.1, -0.05) is 56.2 Å². The van der Waals surface area contributed by atoms with E-state index in [9.17, 15) is 19.5 Å². The van der Waals surface area contributed by atoms with Crippen molar-refractivity contribution in [1.29, 1.82) is 0 Å². The minimum absolute atomic E-state index is 0.107. The predicted molar refractivity (Wildman–Crippen MR) is 150 cm³/mol. The number of rotatable bonds is 13. The maximum absolute atomic E-state index is 14.5. The van der Waals surface area contributed by atoms with E-state index in [2.05, 4.69) is 13.5 Å². The third kappa shape index (κ3) is 4.90. The molecule has 6 atom stereocenters. The third-order valence-electron chi connectivity index (χ3n) is 8.60. The van der Waals surface area contributed by atoms with Gasteiger partial charge in [-0.25, -0.2) is 0 Å². The molecule has 0 radical (unpaired) electrons. The van der Waals surface area contributed by atoms with Crippen molar-refractivity contribution in [2.45, 2.75) is 80.9 Å². The zero-order chi connectivity index (χ0) is 27.5. The molecule has 3 aliphatic rings. The second-order valence-electron chi connectivity index (χ2n) is 11.0. The Hall–Kier alpha value is -2.32. The number of unbranched alkanes of at least 4 members (excludes halogenated alkanes) is 2. The fourth-order valence-electron chi connectivity index (χ4n) is 6.94. The molecule has 1 aromatic carbocycles. The summed E-state index contributed by atoms with van der Waals surface area (Å²) in [6.07, 6.45) is 6.49. The molecule has 1 N–H and O–H groups in total. The average molecular weight is 543 g/mol. The number of hydrogen-bond acceptors (Lipinski definition) is 6. The molecule has 3 heterocycles. The van der Waals surface area contributed by atoms with Gasteiger partial charge in [-0.05, 0) is 45.1 Å². The smallest absolute Gasteiger partial charge is 0.311 e. The number of amides is 2. The van der Waals surface area contributed by atoms with E-state index >= 15 is 0 Å². The van der Waals surface area contributed by atoms with E-state index in [1.807, 2.05) is 42.2 Å². The van der Waals surface area contributed by atoms with E-state index in [0.717, 1.165) is 31.2 Å². The van der Waals surface area contributed by atoms with Gasteiger partial charge in [0.2, 0.25) is 11.8 Å². The van der Waals surface area contributed by atoms with Crippen LogP contribution in [0.1, 0.15) is 58.4 Å². The van der Waals surface area contributed by atoms with E-state index < -0.39 is 33.4 Å². The van der Waals surface area contributed by atoms with Crippen molar-refractivity contribution in [3.63, 3.8) is 0 Å². The van der Waals surface area contributed by atoms with Crippen LogP contribution in [0.2, 0.25) is 0 Å². The topological polar surface area (TPSA) is 87.2 Å². The standard InChI is InChI=1S/C30H42N2O5S/c1-5-8-12-18-31(17-6-2)27(35)25-30-16-15-29(4,38-30)24(28(36)37-7-3)23(30)26(34)32(25)22(20-33)19-21-13-10-9-11-14-21/h6,9-11,13-14,22-25,33H,2,5,7-8,12,15-20H2,1,3-4H3/t22-,23+,24-,25?,29+,30?/m1/s1. The quantitative estimate of drug-likeness (QED) is 0.232. The largest absolute Gasteiger partial charge is 0.466 e. The van der Waals surface area contributed by atoms with Crippen molar-refractivity contribution >= 4 is 29.5 Å². The molecular formula is C30H42N2O5S. The van der Waals surface area contributed by atoms with Gasteiger partial charge in [0.05, 0.1) is 35.8 Å². The zero-order valence-corrected chi connectivity index (χ0v) is 23.8. The highest BCUT2D eigenvalue weighted by Crippen LogP contribution is 2.71. The number of likely N-dealkylation sites (tertiary alicyclic amines) is 1. The highest BCUT2D eigenvalue weighted by Gasteiger charge is 2.78. The number of aliphatic hydroxyl groups excluding tert-OH is 1. The van der Waals surface area contributed by atoms with Crippen molar-refractivity contribution in [2.75, 3.05) is 26.3 Å². The lowest BCUT2D eigenvalue weighted by Crippen LogP contribution is -2.58. The van der Waals surface area contributed by atoms with Crippen molar-refractivity contribution < 1.29 is 24.2 Å². The number of benzene rings is 1. The van der Waals surface area contributed by atoms with Gasteiger partial charge in [0.25, 0.3) is 0 Å². The van der Waals surface area contributed by atoms with Gasteiger partial charge in [-0.2, -0.15) is 0 Å². The van der Waals surface area contributed by atoms with Gasteiger partial charge in [0, 0.05) is 17.8 Å². The second kappa shape index (κ2) is 11.8. The summed E-state index contributed by atoms with van der Waals surface area (Å²) in [5.41, 5.74) is 0.983. The van der Waals surface area contributed by atoms with Crippen LogP contribution in [-0.2, 0) is 25.5 Å². The number of esters is 1. The molecule has 2 amide bonds. The first-order valence-corrected chi connectivity index (χ1v) is 14.8. The number of aliphatic hydroxyl groups is 1. The molecule has 38 heavy (non-hydrogen) atoms. The molecule has 7 nitrogen and oxygen atoms in total. The molecule has 1 spiro atoms. The van der Waals surface area contributed by atoms with Crippen molar-refractivity contribution in [1.82, 2.24) is 9.80 Å². The Kier molecular flexibility index (Phi) is 8.92. The lowest BCUT2D eigenvalue weighted by Gasteiger charge is -2.39. The second-order valence-corrected chi connectivity index (χ2v) is 12.9. The van der Waals surface area contributed by atoms with E-state index in [4.69, 9.17) is 4.74 Å². The summed E-state index contributed by atoms with van der Waals surface area (Å²) in [5.74, 6) is -1.93. The molecule has 4 rings (SSSR count). The molecule has 3 saturated heterocycles. The normalized spacial score (nSPS) is 30.3. The number of carbonyl (C=O) groups excluding carboxylic acids is 3. The molecule has 208 valence electrons. The summed E-state index contributed by atoms with van der Waals surface area (Å²) in [7, 11) is 0. The molecule has 8 heteroatoms. The van der Waals surface area contributed by atoms with Gasteiger partial charge in [-0.15, -0.1) is 18.3 Å². The maximum Gasteiger partial charge on any atom is 0.311 e. The number of hydrogen-bond donors (Lipinski definition) is 1. The number of fused-ring (bicyclic) bond motifs is 1. The summed E-state index contributed by atoms with van der Waals surface area (Å²) in [5, 5.41) is 10.6. The minimum Gasteiger partial charge on any atom is -0.466 e. The predicted octanol–water partition coefficient (Wildman–Crippen LogP) is 3.84. The summed E-state index contributed by atoms with van der Waals surface area (Å²) in [6, 6.07) is 8.40. The molecule has 2 bridgehead atoms. The Morgan fingerprint density at radius 1 is 1.26 bits per heavy atom. The van der Waals surface area contributed by atoms with Crippen LogP contribution in [0, 0.1) is 11.8 Å². The van der Waals surface area contributed by atoms with Crippen LogP contribution >= 0.6 is 11.8 Å². The first-order valence-electron chi connectivity index (χ1n) is 14.0. The fraction of sp³-hybridized carbons (Fsp3) is 0.633. The Morgan fingerprint density at radius 3 is 2.63 bits per heavy atom. The molecule has 1 aromatic rings. The Bertz CT molecular complexity index is 1030. The summed E-state index contributed by atoms with van der Waals surface area (Å²) in [6.45, 7) is 10.8. The van der Waals surface area contributed by atoms with E-state index in [-0.39, 0.29) is 31.0 Å². The minimum atomic E-state index is -0.756. The molecule has 0 aliphatic carbocycles. The van der Waals surface area contributed by atoms with Crippen LogP contribution in [0.5, 0.6) is 0 Å². The first kappa shape index (κ1) is 28.7. The van der Waals surface area contributed by atoms with E-state index in [1.165, 1.54) is 0 Å². The lowest BCUT2D eigenvalue weighted by atomic mass is 9.66. The molecule has 2 unspecified atom stereocenters. The zero-order valence-electron chi connectivity index (χ0n) is 22.9. The van der Waals surface area contributed by atoms with Gasteiger partial charge in [0.1, 0.15) is 6.04 Å². The SMILES string of the molecule is C=CCN(CCCCC)C(=O)C1N([C@@H](CO)Cc2ccccc2)C(=O)[C@@H]2[C@H](C(=O)OCC)[C@]3(C)CCC12S3. The van der Waals surface area contributed by atoms with E-state index in [1.54, 1.807) is 29.7 Å². The molecule has 0 aromatic heterocycles. The average Bonchev–Trinajstić information content (AvgIpc) is 3.48. The van der Waals surface area contributed by atoms with Crippen LogP contribution in [0.3, 0.4) is 0 Å². The Labute approximate surface area is 231 Å². The highest BCUT2D eigenvalue weighted by molar-refractivity contribution is 8.02. The van der Waals surface area contributed by atoms with Crippen molar-refractivity contribution in [3.05, 3.63) is 48.6 Å².